The first-order valence-corrected chi connectivity index (χ1v) is 9.52. The molecule has 1 N–H and O–H groups in total. The van der Waals surface area contributed by atoms with Gasteiger partial charge in [0.1, 0.15) is 16.4 Å². The number of carbonyl (C=O) groups excluding carboxylic acids is 1. The van der Waals surface area contributed by atoms with Crippen molar-refractivity contribution in [3.8, 4) is 11.5 Å². The topological polar surface area (TPSA) is 59.9 Å². The smallest absolute Gasteiger partial charge is 0.283 e. The Morgan fingerprint density at radius 2 is 1.93 bits per heavy atom. The molecule has 0 atom stereocenters. The van der Waals surface area contributed by atoms with Gasteiger partial charge in [-0.2, -0.15) is 5.10 Å². The Balaban J connectivity index is 1.84. The van der Waals surface area contributed by atoms with Crippen molar-refractivity contribution in [1.29, 1.82) is 0 Å². The van der Waals surface area contributed by atoms with E-state index in [1.165, 1.54) is 17.6 Å². The highest BCUT2D eigenvalue weighted by atomic mass is 35.5. The van der Waals surface area contributed by atoms with E-state index in [2.05, 4.69) is 10.5 Å². The lowest BCUT2D eigenvalue weighted by Gasteiger charge is -2.06. The number of hydrazone groups is 1. The third kappa shape index (κ3) is 4.14. The van der Waals surface area contributed by atoms with Gasteiger partial charge in [0.15, 0.2) is 0 Å². The number of ether oxygens (including phenoxy) is 2. The van der Waals surface area contributed by atoms with Gasteiger partial charge in [-0.15, -0.1) is 11.3 Å². The van der Waals surface area contributed by atoms with E-state index in [-0.39, 0.29) is 5.02 Å². The van der Waals surface area contributed by atoms with Crippen LogP contribution in [0.1, 0.15) is 15.2 Å². The number of nitrogens with zero attached hydrogens (tertiary/aromatic N) is 1. The van der Waals surface area contributed by atoms with Crippen LogP contribution in [0.5, 0.6) is 11.5 Å². The average Bonchev–Trinajstić information content (AvgIpc) is 2.98. The second kappa shape index (κ2) is 8.35. The number of thiophene rings is 1. The van der Waals surface area contributed by atoms with Gasteiger partial charge >= 0.3 is 0 Å². The van der Waals surface area contributed by atoms with E-state index in [0.717, 1.165) is 4.70 Å². The lowest BCUT2D eigenvalue weighted by Crippen LogP contribution is -2.16. The normalized spacial score (nSPS) is 11.1. The van der Waals surface area contributed by atoms with Crippen LogP contribution < -0.4 is 14.9 Å². The molecule has 27 heavy (non-hydrogen) atoms. The molecule has 1 amide bonds. The molecule has 140 valence electrons. The van der Waals surface area contributed by atoms with Crippen molar-refractivity contribution in [2.45, 2.75) is 0 Å². The Morgan fingerprint density at radius 1 is 1.15 bits per heavy atom. The molecule has 2 aromatic carbocycles. The molecule has 0 radical (unpaired) electrons. The molecule has 0 fully saturated rings. The van der Waals surface area contributed by atoms with Gasteiger partial charge in [-0.3, -0.25) is 4.79 Å². The number of hydrogen-bond acceptors (Lipinski definition) is 5. The number of rotatable bonds is 5. The molecule has 9 heteroatoms. The molecule has 3 aromatic rings. The molecule has 0 unspecified atom stereocenters. The Morgan fingerprint density at radius 3 is 2.63 bits per heavy atom. The van der Waals surface area contributed by atoms with Gasteiger partial charge in [0.05, 0.1) is 30.5 Å². The third-order valence-corrected chi connectivity index (χ3v) is 5.80. The fourth-order valence-electron chi connectivity index (χ4n) is 2.41. The Labute approximate surface area is 174 Å². The number of halogens is 3. The molecule has 0 saturated carbocycles. The van der Waals surface area contributed by atoms with Crippen LogP contribution >= 0.6 is 46.1 Å². The molecule has 0 bridgehead atoms. The predicted molar refractivity (Wildman–Crippen MR) is 111 cm³/mol. The van der Waals surface area contributed by atoms with Gasteiger partial charge in [-0.05, 0) is 30.3 Å². The van der Waals surface area contributed by atoms with Gasteiger partial charge in [0.2, 0.25) is 0 Å². The van der Waals surface area contributed by atoms with Gasteiger partial charge in [-0.25, -0.2) is 5.43 Å². The molecular formula is C18H13Cl3N2O3S. The van der Waals surface area contributed by atoms with E-state index in [0.29, 0.717) is 37.4 Å². The van der Waals surface area contributed by atoms with Crippen LogP contribution in [0.15, 0.2) is 35.4 Å². The van der Waals surface area contributed by atoms with Crippen molar-refractivity contribution in [3.63, 3.8) is 0 Å². The molecule has 1 heterocycles. The molecular weight excluding hydrogens is 431 g/mol. The van der Waals surface area contributed by atoms with Crippen LogP contribution in [-0.4, -0.2) is 26.3 Å². The molecule has 5 nitrogen and oxygen atoms in total. The number of methoxy groups -OCH3 is 2. The van der Waals surface area contributed by atoms with Crippen LogP contribution in [0.4, 0.5) is 0 Å². The van der Waals surface area contributed by atoms with E-state index in [1.54, 1.807) is 44.6 Å². The Hall–Kier alpha value is -1.99. The quantitative estimate of drug-likeness (QED) is 0.410. The molecule has 0 aliphatic heterocycles. The minimum Gasteiger partial charge on any atom is -0.497 e. The summed E-state index contributed by atoms with van der Waals surface area (Å²) in [6.45, 7) is 0. The van der Waals surface area contributed by atoms with Crippen molar-refractivity contribution in [1.82, 2.24) is 5.43 Å². The monoisotopic (exact) mass is 442 g/mol. The predicted octanol–water partition coefficient (Wildman–Crippen LogP) is 5.64. The maximum atomic E-state index is 12.5. The van der Waals surface area contributed by atoms with Gasteiger partial charge in [0.25, 0.3) is 5.91 Å². The average molecular weight is 444 g/mol. The summed E-state index contributed by atoms with van der Waals surface area (Å²) in [5.41, 5.74) is 3.10. The van der Waals surface area contributed by atoms with Crippen molar-refractivity contribution in [2.75, 3.05) is 14.2 Å². The highest BCUT2D eigenvalue weighted by Crippen LogP contribution is 2.41. The number of nitrogens with one attached hydrogen (secondary N) is 1. The molecule has 0 saturated heterocycles. The largest absolute Gasteiger partial charge is 0.497 e. The van der Waals surface area contributed by atoms with E-state index in [9.17, 15) is 4.79 Å². The fraction of sp³-hybridized carbons (Fsp3) is 0.111. The first-order chi connectivity index (χ1) is 12.9. The summed E-state index contributed by atoms with van der Waals surface area (Å²) >= 11 is 19.7. The number of benzene rings is 2. The molecule has 0 aliphatic rings. The Kier molecular flexibility index (Phi) is 6.11. The van der Waals surface area contributed by atoms with E-state index in [1.807, 2.05) is 0 Å². The standard InChI is InChI=1S/C18H13Cl3N2O3S/c1-25-11-3-4-13(26-2)9(5-11)8-22-23-18(24)17-16(21)15-12(20)6-10(19)7-14(15)27-17/h3-8H,1-2H3,(H,23,24)/b22-8+. The van der Waals surface area contributed by atoms with Crippen LogP contribution in [-0.2, 0) is 0 Å². The Bertz CT molecular complexity index is 1050. The van der Waals surface area contributed by atoms with Gasteiger partial charge < -0.3 is 9.47 Å². The fourth-order valence-corrected chi connectivity index (χ4v) is 4.68. The molecule has 3 rings (SSSR count). The summed E-state index contributed by atoms with van der Waals surface area (Å²) < 4.78 is 11.2. The highest BCUT2D eigenvalue weighted by Gasteiger charge is 2.19. The van der Waals surface area contributed by atoms with Gasteiger partial charge in [-0.1, -0.05) is 34.8 Å². The van der Waals surface area contributed by atoms with E-state index < -0.39 is 5.91 Å². The van der Waals surface area contributed by atoms with Crippen molar-refractivity contribution < 1.29 is 14.3 Å². The highest BCUT2D eigenvalue weighted by molar-refractivity contribution is 7.21. The summed E-state index contributed by atoms with van der Waals surface area (Å²) in [4.78, 5) is 12.8. The van der Waals surface area contributed by atoms with Crippen molar-refractivity contribution in [2.24, 2.45) is 5.10 Å². The summed E-state index contributed by atoms with van der Waals surface area (Å²) in [7, 11) is 3.11. The SMILES string of the molecule is COc1ccc(OC)c(/C=N/NC(=O)c2sc3cc(Cl)cc(Cl)c3c2Cl)c1. The molecule has 0 spiro atoms. The first kappa shape index (κ1) is 19.8. The zero-order valence-corrected chi connectivity index (χ0v) is 17.3. The van der Waals surface area contributed by atoms with Crippen LogP contribution in [0.3, 0.4) is 0 Å². The third-order valence-electron chi connectivity index (χ3n) is 3.66. The van der Waals surface area contributed by atoms with Crippen LogP contribution in [0.2, 0.25) is 15.1 Å². The summed E-state index contributed by atoms with van der Waals surface area (Å²) in [5, 5.41) is 5.71. The summed E-state index contributed by atoms with van der Waals surface area (Å²) in [5.74, 6) is 0.782. The minimum atomic E-state index is -0.452. The minimum absolute atomic E-state index is 0.267. The molecule has 1 aromatic heterocycles. The maximum absolute atomic E-state index is 12.5. The van der Waals surface area contributed by atoms with Crippen molar-refractivity contribution >= 4 is 68.3 Å². The van der Waals surface area contributed by atoms with E-state index in [4.69, 9.17) is 44.3 Å². The van der Waals surface area contributed by atoms with Crippen molar-refractivity contribution in [3.05, 3.63) is 55.8 Å². The lowest BCUT2D eigenvalue weighted by molar-refractivity contribution is 0.0959. The zero-order chi connectivity index (χ0) is 19.6. The summed E-state index contributed by atoms with van der Waals surface area (Å²) in [6, 6.07) is 8.54. The summed E-state index contributed by atoms with van der Waals surface area (Å²) in [6.07, 6.45) is 1.46. The number of amides is 1. The number of fused-ring (bicyclic) bond motifs is 1. The second-order valence-corrected chi connectivity index (χ2v) is 7.59. The maximum Gasteiger partial charge on any atom is 0.283 e. The lowest BCUT2D eigenvalue weighted by atomic mass is 10.2. The van der Waals surface area contributed by atoms with Crippen LogP contribution in [0.25, 0.3) is 10.1 Å². The number of hydrogen-bond donors (Lipinski definition) is 1. The number of carbonyl (C=O) groups is 1. The first-order valence-electron chi connectivity index (χ1n) is 7.57. The zero-order valence-electron chi connectivity index (χ0n) is 14.2. The molecule has 0 aliphatic carbocycles. The van der Waals surface area contributed by atoms with Gasteiger partial charge in [0, 0.05) is 20.7 Å². The van der Waals surface area contributed by atoms with Crippen LogP contribution in [0, 0.1) is 0 Å². The second-order valence-electron chi connectivity index (χ2n) is 5.31. The van der Waals surface area contributed by atoms with E-state index >= 15 is 0 Å².